The summed E-state index contributed by atoms with van der Waals surface area (Å²) in [5.41, 5.74) is 7.72. The van der Waals surface area contributed by atoms with Crippen LogP contribution in [0.25, 0.3) is 0 Å². The molecule has 3 N–H and O–H groups in total. The monoisotopic (exact) mass is 252 g/mol. The average Bonchev–Trinajstić information content (AvgIpc) is 2.38. The van der Waals surface area contributed by atoms with E-state index < -0.39 is 6.04 Å². The van der Waals surface area contributed by atoms with Crippen LogP contribution in [-0.4, -0.2) is 32.8 Å². The van der Waals surface area contributed by atoms with E-state index in [4.69, 9.17) is 15.2 Å². The van der Waals surface area contributed by atoms with Crippen molar-refractivity contribution < 1.29 is 14.3 Å². The minimum atomic E-state index is -0.622. The van der Waals surface area contributed by atoms with Gasteiger partial charge in [0, 0.05) is 20.8 Å². The van der Waals surface area contributed by atoms with Crippen LogP contribution < -0.4 is 11.1 Å². The molecule has 0 spiro atoms. The van der Waals surface area contributed by atoms with Crippen molar-refractivity contribution in [1.29, 1.82) is 0 Å². The zero-order valence-corrected chi connectivity index (χ0v) is 10.8. The molecule has 0 radical (unpaired) electrons. The summed E-state index contributed by atoms with van der Waals surface area (Å²) in [6, 6.07) is 7.23. The summed E-state index contributed by atoms with van der Waals surface area (Å²) in [6.45, 7) is 1.27. The van der Waals surface area contributed by atoms with Gasteiger partial charge in [-0.15, -0.1) is 0 Å². The Morgan fingerprint density at radius 1 is 1.22 bits per heavy atom. The smallest absolute Gasteiger partial charge is 0.239 e. The van der Waals surface area contributed by atoms with E-state index in [1.165, 1.54) is 7.11 Å². The predicted molar refractivity (Wildman–Crippen MR) is 68.9 cm³/mol. The number of hydrogen-bond acceptors (Lipinski definition) is 4. The van der Waals surface area contributed by atoms with E-state index in [9.17, 15) is 4.79 Å². The van der Waals surface area contributed by atoms with Crippen molar-refractivity contribution in [3.8, 4) is 0 Å². The second-order valence-corrected chi connectivity index (χ2v) is 4.03. The molecule has 0 aromatic heterocycles. The van der Waals surface area contributed by atoms with Crippen LogP contribution in [0.2, 0.25) is 0 Å². The van der Waals surface area contributed by atoms with Gasteiger partial charge in [-0.1, -0.05) is 24.3 Å². The third-order valence-electron chi connectivity index (χ3n) is 2.48. The van der Waals surface area contributed by atoms with Crippen LogP contribution in [0.15, 0.2) is 24.3 Å². The molecular weight excluding hydrogens is 232 g/mol. The Kier molecular flexibility index (Phi) is 6.35. The van der Waals surface area contributed by atoms with Gasteiger partial charge in [-0.25, -0.2) is 0 Å². The van der Waals surface area contributed by atoms with Crippen molar-refractivity contribution in [2.45, 2.75) is 19.2 Å². The largest absolute Gasteiger partial charge is 0.383 e. The Balaban J connectivity index is 2.41. The Labute approximate surface area is 107 Å². The molecule has 0 fully saturated rings. The normalized spacial score (nSPS) is 12.2. The lowest BCUT2D eigenvalue weighted by Crippen LogP contribution is -2.43. The lowest BCUT2D eigenvalue weighted by molar-refractivity contribution is -0.123. The summed E-state index contributed by atoms with van der Waals surface area (Å²) >= 11 is 0. The van der Waals surface area contributed by atoms with E-state index in [-0.39, 0.29) is 12.5 Å². The Hall–Kier alpha value is -1.43. The quantitative estimate of drug-likeness (QED) is 0.737. The molecule has 100 valence electrons. The molecule has 0 heterocycles. The molecule has 5 heteroatoms. The molecule has 0 saturated carbocycles. The van der Waals surface area contributed by atoms with Gasteiger partial charge in [0.25, 0.3) is 0 Å². The molecule has 1 aromatic rings. The Bertz CT molecular complexity index is 365. The Morgan fingerprint density at radius 2 is 1.83 bits per heavy atom. The summed E-state index contributed by atoms with van der Waals surface area (Å²) in [6.07, 6.45) is 0. The van der Waals surface area contributed by atoms with Gasteiger partial charge in [0.1, 0.15) is 6.04 Å². The first-order valence-corrected chi connectivity index (χ1v) is 5.76. The second-order valence-electron chi connectivity index (χ2n) is 4.03. The fourth-order valence-corrected chi connectivity index (χ4v) is 1.50. The van der Waals surface area contributed by atoms with Crippen LogP contribution in [-0.2, 0) is 27.4 Å². The number of methoxy groups -OCH3 is 2. The highest BCUT2D eigenvalue weighted by atomic mass is 16.5. The van der Waals surface area contributed by atoms with Gasteiger partial charge in [-0.2, -0.15) is 0 Å². The number of nitrogens with two attached hydrogens (primary N) is 1. The zero-order chi connectivity index (χ0) is 13.4. The van der Waals surface area contributed by atoms with Crippen LogP contribution in [0.4, 0.5) is 0 Å². The fourth-order valence-electron chi connectivity index (χ4n) is 1.50. The minimum absolute atomic E-state index is 0.210. The standard InChI is InChI=1S/C13H20N2O3/c1-17-8-11-5-3-10(4-6-11)7-15-13(16)12(14)9-18-2/h3-6,12H,7-9,14H2,1-2H3,(H,15,16). The molecule has 5 nitrogen and oxygen atoms in total. The van der Waals surface area contributed by atoms with Gasteiger partial charge >= 0.3 is 0 Å². The summed E-state index contributed by atoms with van der Waals surface area (Å²) in [5.74, 6) is -0.210. The summed E-state index contributed by atoms with van der Waals surface area (Å²) in [5, 5.41) is 2.76. The van der Waals surface area contributed by atoms with Gasteiger partial charge in [0.15, 0.2) is 0 Å². The highest BCUT2D eigenvalue weighted by Crippen LogP contribution is 2.05. The van der Waals surface area contributed by atoms with E-state index >= 15 is 0 Å². The molecule has 1 amide bonds. The Morgan fingerprint density at radius 3 is 2.39 bits per heavy atom. The number of carbonyl (C=O) groups is 1. The van der Waals surface area contributed by atoms with Gasteiger partial charge in [0.2, 0.25) is 5.91 Å². The van der Waals surface area contributed by atoms with Crippen molar-refractivity contribution in [3.05, 3.63) is 35.4 Å². The molecule has 1 aromatic carbocycles. The maximum atomic E-state index is 11.5. The highest BCUT2D eigenvalue weighted by molar-refractivity contribution is 5.81. The topological polar surface area (TPSA) is 73.6 Å². The van der Waals surface area contributed by atoms with E-state index in [2.05, 4.69) is 5.32 Å². The van der Waals surface area contributed by atoms with E-state index in [1.807, 2.05) is 24.3 Å². The molecule has 1 rings (SSSR count). The number of ether oxygens (including phenoxy) is 2. The number of hydrogen-bond donors (Lipinski definition) is 2. The highest BCUT2D eigenvalue weighted by Gasteiger charge is 2.11. The van der Waals surface area contributed by atoms with Gasteiger partial charge in [-0.05, 0) is 11.1 Å². The summed E-state index contributed by atoms with van der Waals surface area (Å²) in [4.78, 5) is 11.5. The molecule has 0 aliphatic heterocycles. The first-order valence-electron chi connectivity index (χ1n) is 5.76. The van der Waals surface area contributed by atoms with Crippen molar-refractivity contribution in [1.82, 2.24) is 5.32 Å². The van der Waals surface area contributed by atoms with Gasteiger partial charge < -0.3 is 20.5 Å². The van der Waals surface area contributed by atoms with Crippen LogP contribution in [0.3, 0.4) is 0 Å². The fraction of sp³-hybridized carbons (Fsp3) is 0.462. The molecule has 0 saturated heterocycles. The van der Waals surface area contributed by atoms with Crippen LogP contribution in [0, 0.1) is 0 Å². The van der Waals surface area contributed by atoms with Crippen LogP contribution in [0.1, 0.15) is 11.1 Å². The average molecular weight is 252 g/mol. The lowest BCUT2D eigenvalue weighted by atomic mass is 10.1. The molecule has 0 bridgehead atoms. The first kappa shape index (κ1) is 14.6. The van der Waals surface area contributed by atoms with Gasteiger partial charge in [-0.3, -0.25) is 4.79 Å². The molecule has 0 aliphatic carbocycles. The van der Waals surface area contributed by atoms with Crippen LogP contribution in [0.5, 0.6) is 0 Å². The number of carbonyl (C=O) groups excluding carboxylic acids is 1. The van der Waals surface area contributed by atoms with Crippen LogP contribution >= 0.6 is 0 Å². The molecular formula is C13H20N2O3. The molecule has 0 aliphatic rings. The third kappa shape index (κ3) is 4.83. The van der Waals surface area contributed by atoms with Crippen molar-refractivity contribution in [3.63, 3.8) is 0 Å². The maximum Gasteiger partial charge on any atom is 0.239 e. The van der Waals surface area contributed by atoms with E-state index in [0.717, 1.165) is 11.1 Å². The SMILES string of the molecule is COCc1ccc(CNC(=O)C(N)COC)cc1. The minimum Gasteiger partial charge on any atom is -0.383 e. The van der Waals surface area contributed by atoms with Crippen molar-refractivity contribution in [2.75, 3.05) is 20.8 Å². The number of rotatable bonds is 7. The van der Waals surface area contributed by atoms with E-state index in [1.54, 1.807) is 7.11 Å². The third-order valence-corrected chi connectivity index (χ3v) is 2.48. The number of amides is 1. The molecule has 1 atom stereocenters. The lowest BCUT2D eigenvalue weighted by Gasteiger charge is -2.11. The number of benzene rings is 1. The molecule has 1 unspecified atom stereocenters. The molecule has 18 heavy (non-hydrogen) atoms. The number of nitrogens with one attached hydrogen (secondary N) is 1. The predicted octanol–water partition coefficient (Wildman–Crippen LogP) is 0.423. The second kappa shape index (κ2) is 7.81. The van der Waals surface area contributed by atoms with Crippen molar-refractivity contribution in [2.24, 2.45) is 5.73 Å². The maximum absolute atomic E-state index is 11.5. The van der Waals surface area contributed by atoms with E-state index in [0.29, 0.717) is 13.2 Å². The first-order chi connectivity index (χ1) is 8.67. The summed E-state index contributed by atoms with van der Waals surface area (Å²) in [7, 11) is 3.17. The van der Waals surface area contributed by atoms with Crippen molar-refractivity contribution >= 4 is 5.91 Å². The summed E-state index contributed by atoms with van der Waals surface area (Å²) < 4.78 is 9.84. The van der Waals surface area contributed by atoms with Gasteiger partial charge in [0.05, 0.1) is 13.2 Å². The zero-order valence-electron chi connectivity index (χ0n) is 10.8.